The first-order valence-corrected chi connectivity index (χ1v) is 12.2. The monoisotopic (exact) mass is 481 g/mol. The van der Waals surface area contributed by atoms with Gasteiger partial charge in [0.25, 0.3) is 0 Å². The maximum absolute atomic E-state index is 6.40. The first-order valence-electron chi connectivity index (χ1n) is 12.2. The van der Waals surface area contributed by atoms with Crippen molar-refractivity contribution in [3.8, 4) is 11.5 Å². The Labute approximate surface area is 221 Å². The van der Waals surface area contributed by atoms with Crippen LogP contribution < -0.4 is 9.47 Å². The fourth-order valence-electron chi connectivity index (χ4n) is 4.15. The number of hydrogen-bond acceptors (Lipinski definition) is 2. The Kier molecular flexibility index (Phi) is 9.25. The summed E-state index contributed by atoms with van der Waals surface area (Å²) in [5, 5.41) is 0. The van der Waals surface area contributed by atoms with E-state index in [1.807, 2.05) is 0 Å². The van der Waals surface area contributed by atoms with Gasteiger partial charge < -0.3 is 9.47 Å². The minimum absolute atomic E-state index is 0. The minimum Gasteiger partial charge on any atom is -0.447 e. The zero-order chi connectivity index (χ0) is 25.6. The van der Waals surface area contributed by atoms with Gasteiger partial charge in [-0.25, -0.2) is 0 Å². The van der Waals surface area contributed by atoms with Gasteiger partial charge in [-0.05, 0) is 35.5 Å². The number of rotatable bonds is 4. The second-order valence-corrected chi connectivity index (χ2v) is 13.7. The Bertz CT molecular complexity index is 839. The summed E-state index contributed by atoms with van der Waals surface area (Å²) in [6, 6.07) is 8.97. The predicted molar refractivity (Wildman–Crippen MR) is 153 cm³/mol. The third-order valence-electron chi connectivity index (χ3n) is 6.03. The van der Waals surface area contributed by atoms with Gasteiger partial charge >= 0.3 is 6.79 Å². The second kappa shape index (κ2) is 10.3. The maximum Gasteiger partial charge on any atom is 0.316 e. The van der Waals surface area contributed by atoms with Crippen LogP contribution in [0.1, 0.15) is 116 Å². The molecule has 0 aliphatic heterocycles. The molecular weight excluding hydrogens is 431 g/mol. The Morgan fingerprint density at radius 3 is 0.853 bits per heavy atom. The number of benzene rings is 2. The van der Waals surface area contributed by atoms with Crippen LogP contribution >= 0.6 is 0 Å². The first-order chi connectivity index (χ1) is 14.7. The van der Waals surface area contributed by atoms with Crippen molar-refractivity contribution in [3.63, 3.8) is 0 Å². The van der Waals surface area contributed by atoms with Crippen LogP contribution in [0.15, 0.2) is 24.3 Å². The molecule has 2 aromatic rings. The highest BCUT2D eigenvalue weighted by Crippen LogP contribution is 2.43. The lowest BCUT2D eigenvalue weighted by Crippen LogP contribution is -2.22. The normalized spacial score (nSPS) is 12.9. The zero-order valence-electron chi connectivity index (χ0n) is 23.7. The topological polar surface area (TPSA) is 18.5 Å². The van der Waals surface area contributed by atoms with Gasteiger partial charge in [-0.3, -0.25) is 0 Å². The van der Waals surface area contributed by atoms with E-state index < -0.39 is 0 Å². The van der Waals surface area contributed by atoms with Gasteiger partial charge in [0.1, 0.15) is 11.5 Å². The van der Waals surface area contributed by atoms with E-state index in [9.17, 15) is 0 Å². The van der Waals surface area contributed by atoms with Crippen LogP contribution in [0.4, 0.5) is 0 Å². The molecule has 0 aromatic heterocycles. The Balaban J connectivity index is 0.00000578. The van der Waals surface area contributed by atoms with Gasteiger partial charge in [-0.2, -0.15) is 0 Å². The van der Waals surface area contributed by atoms with E-state index in [1.54, 1.807) is 6.79 Å². The third kappa shape index (κ3) is 7.29. The molecule has 0 unspecified atom stereocenters. The van der Waals surface area contributed by atoms with Crippen molar-refractivity contribution in [2.24, 2.45) is 0 Å². The van der Waals surface area contributed by atoms with Crippen LogP contribution in [0.3, 0.4) is 0 Å². The Hall–Kier alpha value is -1.43. The van der Waals surface area contributed by atoms with Gasteiger partial charge in [-0.1, -0.05) is 118 Å². The standard InChI is InChI=1S/C31H47O2.Al.3H/c1-20-15-22(28(3,4)5)26(23(16-20)29(6,7)8)32-19-33-27-24(30(9,10)11)17-21(2)18-25(27)31(12,13)14;;;;/h15-19H,1-14H3;;;;. The SMILES string of the molecule is Cc1cc(C(C)(C)C)c(O[CH]Oc2c(C(C)(C)C)cc(C)cc2C(C)(C)C)c(C(C)(C)C)c1.[AlH3]. The molecule has 0 bridgehead atoms. The highest BCUT2D eigenvalue weighted by molar-refractivity contribution is 5.75. The average molecular weight is 482 g/mol. The molecule has 0 heterocycles. The van der Waals surface area contributed by atoms with Crippen molar-refractivity contribution in [2.45, 2.75) is 119 Å². The van der Waals surface area contributed by atoms with E-state index in [2.05, 4.69) is 121 Å². The molecule has 0 atom stereocenters. The summed E-state index contributed by atoms with van der Waals surface area (Å²) in [7, 11) is 0. The van der Waals surface area contributed by atoms with E-state index in [1.165, 1.54) is 33.4 Å². The molecule has 2 aromatic carbocycles. The van der Waals surface area contributed by atoms with Crippen LogP contribution in [0.25, 0.3) is 0 Å². The van der Waals surface area contributed by atoms with Crippen molar-refractivity contribution >= 4 is 17.4 Å². The molecule has 0 saturated carbocycles. The highest BCUT2D eigenvalue weighted by atomic mass is 27.0. The average Bonchev–Trinajstić information content (AvgIpc) is 2.59. The summed E-state index contributed by atoms with van der Waals surface area (Å²) in [6.07, 6.45) is 0. The van der Waals surface area contributed by atoms with Gasteiger partial charge in [0.15, 0.2) is 17.4 Å². The van der Waals surface area contributed by atoms with Crippen molar-refractivity contribution < 1.29 is 9.47 Å². The third-order valence-corrected chi connectivity index (χ3v) is 6.03. The Morgan fingerprint density at radius 1 is 0.471 bits per heavy atom. The lowest BCUT2D eigenvalue weighted by molar-refractivity contribution is 0.197. The lowest BCUT2D eigenvalue weighted by Gasteiger charge is -2.31. The summed E-state index contributed by atoms with van der Waals surface area (Å²) in [5.74, 6) is 1.81. The molecule has 34 heavy (non-hydrogen) atoms. The molecule has 189 valence electrons. The fraction of sp³-hybridized carbons (Fsp3) is 0.581. The molecular formula is C31H50AlO2. The van der Waals surface area contributed by atoms with Crippen LogP contribution in [0, 0.1) is 20.6 Å². The highest BCUT2D eigenvalue weighted by Gasteiger charge is 2.30. The predicted octanol–water partition coefficient (Wildman–Crippen LogP) is 7.89. The zero-order valence-corrected chi connectivity index (χ0v) is 23.7. The fourth-order valence-corrected chi connectivity index (χ4v) is 4.15. The molecule has 0 spiro atoms. The number of hydrogen-bond donors (Lipinski definition) is 0. The molecule has 0 aliphatic rings. The van der Waals surface area contributed by atoms with Crippen LogP contribution in [0.2, 0.25) is 0 Å². The molecule has 2 nitrogen and oxygen atoms in total. The molecule has 0 amide bonds. The van der Waals surface area contributed by atoms with Gasteiger partial charge in [0, 0.05) is 22.3 Å². The number of aryl methyl sites for hydroxylation is 2. The van der Waals surface area contributed by atoms with Crippen molar-refractivity contribution in [1.82, 2.24) is 0 Å². The largest absolute Gasteiger partial charge is 0.447 e. The van der Waals surface area contributed by atoms with Crippen LogP contribution in [0.5, 0.6) is 11.5 Å². The second-order valence-electron chi connectivity index (χ2n) is 13.7. The molecule has 0 fully saturated rings. The summed E-state index contributed by atoms with van der Waals surface area (Å²) >= 11 is 0. The van der Waals surface area contributed by atoms with E-state index >= 15 is 0 Å². The molecule has 0 saturated heterocycles. The van der Waals surface area contributed by atoms with Crippen molar-refractivity contribution in [3.05, 3.63) is 64.4 Å². The van der Waals surface area contributed by atoms with E-state index in [-0.39, 0.29) is 39.0 Å². The van der Waals surface area contributed by atoms with E-state index in [0.29, 0.717) is 0 Å². The quantitative estimate of drug-likeness (QED) is 0.413. The van der Waals surface area contributed by atoms with Gasteiger partial charge in [0.05, 0.1) is 0 Å². The summed E-state index contributed by atoms with van der Waals surface area (Å²) in [5.41, 5.74) is 7.10. The van der Waals surface area contributed by atoms with Crippen molar-refractivity contribution in [1.29, 1.82) is 0 Å². The summed E-state index contributed by atoms with van der Waals surface area (Å²) in [4.78, 5) is 0. The maximum atomic E-state index is 6.40. The summed E-state index contributed by atoms with van der Waals surface area (Å²) < 4.78 is 12.8. The first kappa shape index (κ1) is 30.6. The molecule has 0 N–H and O–H groups in total. The minimum atomic E-state index is -0.0494. The van der Waals surface area contributed by atoms with E-state index in [4.69, 9.17) is 9.47 Å². The molecule has 1 radical (unpaired) electrons. The summed E-state index contributed by atoms with van der Waals surface area (Å²) in [6.45, 7) is 32.7. The van der Waals surface area contributed by atoms with E-state index in [0.717, 1.165) is 11.5 Å². The Morgan fingerprint density at radius 2 is 0.676 bits per heavy atom. The van der Waals surface area contributed by atoms with Crippen LogP contribution in [-0.2, 0) is 21.7 Å². The van der Waals surface area contributed by atoms with Crippen molar-refractivity contribution in [2.75, 3.05) is 0 Å². The van der Waals surface area contributed by atoms with Crippen LogP contribution in [-0.4, -0.2) is 17.4 Å². The van der Waals surface area contributed by atoms with Gasteiger partial charge in [0.2, 0.25) is 0 Å². The lowest BCUT2D eigenvalue weighted by atomic mass is 9.78. The molecule has 2 rings (SSSR count). The molecule has 0 aliphatic carbocycles. The van der Waals surface area contributed by atoms with Gasteiger partial charge in [-0.15, -0.1) is 0 Å². The number of ether oxygens (including phenoxy) is 2. The molecule has 3 heteroatoms. The smallest absolute Gasteiger partial charge is 0.316 e.